The maximum absolute atomic E-state index is 12.5. The molecule has 1 heterocycles. The van der Waals surface area contributed by atoms with Crippen molar-refractivity contribution in [3.05, 3.63) is 48.0 Å². The highest BCUT2D eigenvalue weighted by atomic mass is 32.2. The average Bonchev–Trinajstić information content (AvgIpc) is 3.14. The van der Waals surface area contributed by atoms with E-state index >= 15 is 0 Å². The van der Waals surface area contributed by atoms with Crippen molar-refractivity contribution in [2.45, 2.75) is 64.3 Å². The minimum Gasteiger partial charge on any atom is -0.444 e. The zero-order chi connectivity index (χ0) is 21.9. The summed E-state index contributed by atoms with van der Waals surface area (Å²) in [5, 5.41) is 16.8. The molecule has 0 bridgehead atoms. The van der Waals surface area contributed by atoms with E-state index in [9.17, 15) is 9.90 Å². The molecule has 2 aromatic rings. The summed E-state index contributed by atoms with van der Waals surface area (Å²) < 4.78 is 5.50. The fourth-order valence-corrected chi connectivity index (χ4v) is 4.97. The van der Waals surface area contributed by atoms with E-state index in [1.54, 1.807) is 16.7 Å². The van der Waals surface area contributed by atoms with E-state index in [4.69, 9.17) is 4.74 Å². The number of carbonyl (C=O) groups is 1. The van der Waals surface area contributed by atoms with Gasteiger partial charge in [0.1, 0.15) is 5.60 Å². The van der Waals surface area contributed by atoms with Crippen molar-refractivity contribution < 1.29 is 14.6 Å². The normalized spacial score (nSPS) is 18.6. The summed E-state index contributed by atoms with van der Waals surface area (Å²) in [7, 11) is 0. The summed E-state index contributed by atoms with van der Waals surface area (Å²) in [6.07, 6.45) is -0.157. The summed E-state index contributed by atoms with van der Waals surface area (Å²) >= 11 is 1.65. The summed E-state index contributed by atoms with van der Waals surface area (Å²) in [5.74, 6) is 1.27. The summed E-state index contributed by atoms with van der Waals surface area (Å²) in [5.41, 5.74) is 0.527. The molecule has 0 spiro atoms. The molecule has 0 saturated carbocycles. The number of β-amino-alcohol motifs (C(OH)–C–C–N with tert-alkyl or cyclic N) is 1. The lowest BCUT2D eigenvalue weighted by Crippen LogP contribution is -2.52. The number of ether oxygens (including phenoxy) is 1. The van der Waals surface area contributed by atoms with E-state index in [0.717, 1.165) is 6.42 Å². The predicted octanol–water partition coefficient (Wildman–Crippen LogP) is 4.42. The van der Waals surface area contributed by atoms with E-state index in [2.05, 4.69) is 61.6 Å². The van der Waals surface area contributed by atoms with Gasteiger partial charge in [0.05, 0.1) is 18.0 Å². The van der Waals surface area contributed by atoms with Gasteiger partial charge in [0, 0.05) is 17.8 Å². The molecule has 2 aromatic carbocycles. The van der Waals surface area contributed by atoms with Crippen molar-refractivity contribution in [2.75, 3.05) is 18.2 Å². The molecular formula is C24H34N2O3S. The number of nitrogens with one attached hydrogen (secondary N) is 1. The third-order valence-electron chi connectivity index (χ3n) is 5.24. The molecular weight excluding hydrogens is 396 g/mol. The number of rotatable bonds is 6. The Balaban J connectivity index is 1.58. The largest absolute Gasteiger partial charge is 0.444 e. The second kappa shape index (κ2) is 9.16. The molecule has 0 aromatic heterocycles. The lowest BCUT2D eigenvalue weighted by Gasteiger charge is -2.33. The third kappa shape index (κ3) is 6.13. The fourth-order valence-electron chi connectivity index (χ4n) is 3.72. The van der Waals surface area contributed by atoms with E-state index in [1.165, 1.54) is 16.3 Å². The maximum atomic E-state index is 12.5. The lowest BCUT2D eigenvalue weighted by molar-refractivity contribution is 0.00653. The molecule has 2 N–H and O–H groups in total. The first kappa shape index (κ1) is 22.9. The standard InChI is InChI=1S/C24H34N2O3S/c1-23(2,3)29-22(28)26-16-30-15-20(26)21(27)14-25-24(4,5)13-17-10-11-18-8-6-7-9-19(18)12-17/h6-12,20-21,25,27H,13-16H2,1-5H3. The van der Waals surface area contributed by atoms with Crippen molar-refractivity contribution in [1.29, 1.82) is 0 Å². The first-order valence-corrected chi connectivity index (χ1v) is 11.7. The lowest BCUT2D eigenvalue weighted by atomic mass is 9.93. The van der Waals surface area contributed by atoms with Gasteiger partial charge in [-0.15, -0.1) is 11.8 Å². The van der Waals surface area contributed by atoms with Crippen LogP contribution in [0.4, 0.5) is 4.79 Å². The molecule has 30 heavy (non-hydrogen) atoms. The Morgan fingerprint density at radius 1 is 1.20 bits per heavy atom. The predicted molar refractivity (Wildman–Crippen MR) is 125 cm³/mol. The molecule has 1 aliphatic rings. The molecule has 6 heteroatoms. The van der Waals surface area contributed by atoms with Gasteiger partial charge >= 0.3 is 6.09 Å². The van der Waals surface area contributed by atoms with Crippen LogP contribution < -0.4 is 5.32 Å². The molecule has 1 amide bonds. The van der Waals surface area contributed by atoms with Crippen LogP contribution in [0.15, 0.2) is 42.5 Å². The Hall–Kier alpha value is -1.76. The van der Waals surface area contributed by atoms with Gasteiger partial charge in [-0.2, -0.15) is 0 Å². The topological polar surface area (TPSA) is 61.8 Å². The van der Waals surface area contributed by atoms with Crippen LogP contribution in [0.25, 0.3) is 10.8 Å². The molecule has 1 saturated heterocycles. The van der Waals surface area contributed by atoms with E-state index in [-0.39, 0.29) is 17.7 Å². The highest BCUT2D eigenvalue weighted by molar-refractivity contribution is 7.99. The smallest absolute Gasteiger partial charge is 0.411 e. The molecule has 3 rings (SSSR count). The number of carbonyl (C=O) groups excluding carboxylic acids is 1. The fraction of sp³-hybridized carbons (Fsp3) is 0.542. The van der Waals surface area contributed by atoms with Crippen molar-refractivity contribution in [3.63, 3.8) is 0 Å². The number of nitrogens with zero attached hydrogens (tertiary/aromatic N) is 1. The van der Waals surface area contributed by atoms with E-state index in [1.807, 2.05) is 20.8 Å². The second-order valence-electron chi connectivity index (χ2n) is 9.71. The van der Waals surface area contributed by atoms with Crippen molar-refractivity contribution >= 4 is 28.6 Å². The zero-order valence-corrected chi connectivity index (χ0v) is 19.5. The van der Waals surface area contributed by atoms with Gasteiger partial charge in [-0.1, -0.05) is 42.5 Å². The summed E-state index contributed by atoms with van der Waals surface area (Å²) in [6, 6.07) is 14.7. The van der Waals surface area contributed by atoms with E-state index in [0.29, 0.717) is 18.2 Å². The minimum atomic E-state index is -0.650. The van der Waals surface area contributed by atoms with Gasteiger partial charge in [-0.3, -0.25) is 4.90 Å². The Kier molecular flexibility index (Phi) is 7.00. The summed E-state index contributed by atoms with van der Waals surface area (Å²) in [4.78, 5) is 14.1. The first-order chi connectivity index (χ1) is 14.0. The monoisotopic (exact) mass is 430 g/mol. The van der Waals surface area contributed by atoms with Crippen molar-refractivity contribution in [2.24, 2.45) is 0 Å². The van der Waals surface area contributed by atoms with Crippen LogP contribution in [-0.2, 0) is 11.2 Å². The number of benzene rings is 2. The van der Waals surface area contributed by atoms with Gasteiger partial charge in [0.2, 0.25) is 0 Å². The number of fused-ring (bicyclic) bond motifs is 1. The van der Waals surface area contributed by atoms with Gasteiger partial charge in [0.15, 0.2) is 0 Å². The second-order valence-corrected chi connectivity index (χ2v) is 10.7. The quantitative estimate of drug-likeness (QED) is 0.710. The van der Waals surface area contributed by atoms with Gasteiger partial charge in [-0.05, 0) is 57.4 Å². The Morgan fingerprint density at radius 2 is 1.90 bits per heavy atom. The number of aliphatic hydroxyl groups excluding tert-OH is 1. The molecule has 164 valence electrons. The molecule has 2 atom stereocenters. The van der Waals surface area contributed by atoms with Crippen molar-refractivity contribution in [1.82, 2.24) is 10.2 Å². The van der Waals surface area contributed by atoms with Crippen LogP contribution in [0.5, 0.6) is 0 Å². The van der Waals surface area contributed by atoms with Crippen LogP contribution in [0.3, 0.4) is 0 Å². The Labute approximate surface area is 184 Å². The number of hydrogen-bond acceptors (Lipinski definition) is 5. The van der Waals surface area contributed by atoms with Gasteiger partial charge in [0.25, 0.3) is 0 Å². The molecule has 1 aliphatic heterocycles. The van der Waals surface area contributed by atoms with Crippen LogP contribution in [0.2, 0.25) is 0 Å². The molecule has 0 aliphatic carbocycles. The average molecular weight is 431 g/mol. The minimum absolute atomic E-state index is 0.189. The summed E-state index contributed by atoms with van der Waals surface area (Å²) in [6.45, 7) is 10.3. The number of amides is 1. The highest BCUT2D eigenvalue weighted by Crippen LogP contribution is 2.26. The first-order valence-electron chi connectivity index (χ1n) is 10.5. The van der Waals surface area contributed by atoms with Crippen molar-refractivity contribution in [3.8, 4) is 0 Å². The maximum Gasteiger partial charge on any atom is 0.411 e. The molecule has 5 nitrogen and oxygen atoms in total. The Bertz CT molecular complexity index is 878. The zero-order valence-electron chi connectivity index (χ0n) is 18.6. The third-order valence-corrected chi connectivity index (χ3v) is 6.28. The number of hydrogen-bond donors (Lipinski definition) is 2. The number of aliphatic hydroxyl groups is 1. The van der Waals surface area contributed by atoms with Crippen LogP contribution >= 0.6 is 11.8 Å². The van der Waals surface area contributed by atoms with Crippen LogP contribution in [0, 0.1) is 0 Å². The van der Waals surface area contributed by atoms with Crippen LogP contribution in [0.1, 0.15) is 40.2 Å². The van der Waals surface area contributed by atoms with E-state index < -0.39 is 11.7 Å². The van der Waals surface area contributed by atoms with Gasteiger partial charge in [-0.25, -0.2) is 4.79 Å². The van der Waals surface area contributed by atoms with Gasteiger partial charge < -0.3 is 15.2 Å². The number of thioether (sulfide) groups is 1. The molecule has 1 fully saturated rings. The molecule has 0 radical (unpaired) electrons. The SMILES string of the molecule is CC(C)(Cc1ccc2ccccc2c1)NCC(O)C1CSCN1C(=O)OC(C)(C)C. The molecule has 2 unspecified atom stereocenters. The Morgan fingerprint density at radius 3 is 2.60 bits per heavy atom. The highest BCUT2D eigenvalue weighted by Gasteiger charge is 2.37. The van der Waals surface area contributed by atoms with Crippen LogP contribution in [-0.4, -0.2) is 57.6 Å².